The first-order valence-corrected chi connectivity index (χ1v) is 42.7. The zero-order valence-electron chi connectivity index (χ0n) is 74.6. The third-order valence-electron chi connectivity index (χ3n) is 23.1. The highest BCUT2D eigenvalue weighted by Crippen LogP contribution is 2.40. The quantitative estimate of drug-likeness (QED) is 0.0604. The van der Waals surface area contributed by atoms with Crippen LogP contribution in [0.25, 0.3) is 84.2 Å². The lowest BCUT2D eigenvalue weighted by molar-refractivity contribution is -0.129. The van der Waals surface area contributed by atoms with Crippen molar-refractivity contribution in [3.05, 3.63) is 252 Å². The maximum absolute atomic E-state index is 15.9. The molecule has 3 fully saturated rings. The van der Waals surface area contributed by atoms with E-state index in [0.717, 1.165) is 22.4 Å². The number of anilines is 3. The highest BCUT2D eigenvalue weighted by Gasteiger charge is 2.40. The van der Waals surface area contributed by atoms with Gasteiger partial charge in [-0.15, -0.1) is 0 Å². The van der Waals surface area contributed by atoms with Crippen molar-refractivity contribution < 1.29 is 31.9 Å². The number of benzene rings is 3. The Morgan fingerprint density at radius 3 is 1.30 bits per heavy atom. The second-order valence-electron chi connectivity index (χ2n) is 33.8. The van der Waals surface area contributed by atoms with E-state index >= 15 is 4.39 Å². The van der Waals surface area contributed by atoms with Crippen LogP contribution >= 0.6 is 11.6 Å². The molecule has 12 heterocycles. The molecule has 0 N–H and O–H groups in total. The second kappa shape index (κ2) is 38.0. The number of piperazine rings is 3. The van der Waals surface area contributed by atoms with Gasteiger partial charge in [0.15, 0.2) is 39.2 Å². The minimum Gasteiger partial charge on any atom is -0.349 e. The molecule has 660 valence electrons. The van der Waals surface area contributed by atoms with Crippen molar-refractivity contribution in [3.63, 3.8) is 0 Å². The van der Waals surface area contributed by atoms with Crippen LogP contribution in [0.2, 0.25) is 5.15 Å². The second-order valence-corrected chi connectivity index (χ2v) is 34.2. The van der Waals surface area contributed by atoms with Gasteiger partial charge >= 0.3 is 17.1 Å². The van der Waals surface area contributed by atoms with E-state index in [2.05, 4.69) is 48.0 Å². The van der Waals surface area contributed by atoms with Crippen molar-refractivity contribution in [2.24, 2.45) is 0 Å². The first-order valence-electron chi connectivity index (χ1n) is 42.3. The normalized spacial score (nSPS) is 17.3. The van der Waals surface area contributed by atoms with Crippen LogP contribution in [0.3, 0.4) is 0 Å². The first-order chi connectivity index (χ1) is 60.4. The van der Waals surface area contributed by atoms with Crippen molar-refractivity contribution in [1.82, 2.24) is 88.1 Å². The number of amides is 3. The van der Waals surface area contributed by atoms with E-state index in [-0.39, 0.29) is 128 Å². The number of nitrogens with zero attached hydrogens (tertiary/aromatic N) is 21. The molecule has 27 nitrogen and oxygen atoms in total. The maximum atomic E-state index is 15.9. The van der Waals surface area contributed by atoms with Crippen LogP contribution in [0.4, 0.5) is 35.0 Å². The molecule has 3 aliphatic heterocycles. The number of fused-ring (bicyclic) bond motifs is 3. The van der Waals surface area contributed by atoms with Gasteiger partial charge in [-0.3, -0.25) is 29.3 Å². The summed E-state index contributed by atoms with van der Waals surface area (Å²) in [4.78, 5) is 144. The topological polar surface area (TPSA) is 282 Å². The Balaban J connectivity index is 0.000000163. The summed E-state index contributed by atoms with van der Waals surface area (Å²) >= 11 is 6.68. The summed E-state index contributed by atoms with van der Waals surface area (Å²) in [7, 11) is 3.86. The van der Waals surface area contributed by atoms with Crippen molar-refractivity contribution >= 4 is 80.1 Å². The first kappa shape index (κ1) is 91.5. The minimum absolute atomic E-state index is 0.00678. The fourth-order valence-electron chi connectivity index (χ4n) is 16.9. The summed E-state index contributed by atoms with van der Waals surface area (Å²) in [5.41, 5.74) is 6.88. The highest BCUT2D eigenvalue weighted by molar-refractivity contribution is 6.32. The Labute approximate surface area is 739 Å². The smallest absolute Gasteiger partial charge is 0.349 e. The monoisotopic (exact) mass is 1750 g/mol. The van der Waals surface area contributed by atoms with Crippen LogP contribution in [0.15, 0.2) is 167 Å². The fraction of sp³-hybridized carbons (Fsp3) is 0.358. The minimum atomic E-state index is -0.742. The summed E-state index contributed by atoms with van der Waals surface area (Å²) in [6.45, 7) is 41.3. The van der Waals surface area contributed by atoms with Crippen molar-refractivity contribution in [3.8, 4) is 50.8 Å². The lowest BCUT2D eigenvalue weighted by Crippen LogP contribution is -2.58. The largest absolute Gasteiger partial charge is 0.356 e. The molecule has 32 heteroatoms. The van der Waals surface area contributed by atoms with E-state index in [1.807, 2.05) is 156 Å². The molecule has 6 atom stereocenters. The van der Waals surface area contributed by atoms with E-state index in [0.29, 0.717) is 114 Å². The molecule has 3 aromatic carbocycles. The van der Waals surface area contributed by atoms with Crippen molar-refractivity contribution in [2.75, 3.05) is 74.6 Å². The SMILES string of the molecule is C=CC(=O)N1CC(C)N(c2nc(=O)n(-c3c(C)ccnc3C(C)C)c3nc(-c4ccccc4F)c(C)nc23)CC1C.C=CC(=O)N1CC(C)N(c2nc(=O)n(-c3c(C)ccnc3C(C)C)c3nc(-c4ccccc4F)c(Cl)nc23)C(C)C1.Cc1ccnc(C(C)C)c1-n1c(=O)nc(N2CC(C)N(C(=O)/C=C\CN(C)C)CC2C)c2cc(F)c(-c3ccccc3F)nc21. The predicted octanol–water partition coefficient (Wildman–Crippen LogP) is 14.9. The van der Waals surface area contributed by atoms with E-state index in [4.69, 9.17) is 31.5 Å². The van der Waals surface area contributed by atoms with E-state index < -0.39 is 40.3 Å². The number of carbonyl (C=O) groups is 3. The lowest BCUT2D eigenvalue weighted by Gasteiger charge is -2.45. The maximum Gasteiger partial charge on any atom is 0.356 e. The van der Waals surface area contributed by atoms with Crippen LogP contribution in [0.5, 0.6) is 0 Å². The Morgan fingerprint density at radius 1 is 0.457 bits per heavy atom. The fourth-order valence-corrected chi connectivity index (χ4v) is 17.1. The van der Waals surface area contributed by atoms with Gasteiger partial charge in [-0.1, -0.05) is 109 Å². The molecule has 0 aliphatic carbocycles. The molecule has 15 rings (SSSR count). The standard InChI is InChI=1S/C34H39F2N7O2.C31H34FN7O2.C30H31ClFN7O2/c1-20(2)29-31(21(3)14-15-37-29)43-33-25(17-27(36)30(38-33)24-11-8-9-12-26(24)35)32(39-34(43)45)42-19-22(4)41(18-23(42)5)28(44)13-10-16-40(6)7;1-8-24(40)37-15-20(6)38(16-19(37)5)29-27-30(35-26(21(7)34-27)22-11-9-10-12-23(22)32)39(31(41)36-29)28-18(4)13-14-33-25(28)17(2)3;1-7-22(40)37-14-18(5)38(19(6)15-37)29-25-28(35-24(27(31)34-25)20-10-8-9-11-21(20)32)39(30(41)36-29)26-17(4)12-13-33-23(26)16(2)3/h8-15,17,20,22-23H,16,18-19H2,1-7H3;8-14,17,19-20H,1,15-16H2,2-7H3;7-13,16,18-19H,1,14-15H2,2-6H3/b13-10-;;. The van der Waals surface area contributed by atoms with E-state index in [1.54, 1.807) is 94.8 Å². The van der Waals surface area contributed by atoms with Crippen LogP contribution in [-0.4, -0.2) is 202 Å². The third-order valence-corrected chi connectivity index (χ3v) is 23.4. The molecule has 0 saturated carbocycles. The van der Waals surface area contributed by atoms with Gasteiger partial charge in [0.05, 0.1) is 50.9 Å². The Morgan fingerprint density at radius 2 is 0.850 bits per heavy atom. The third kappa shape index (κ3) is 18.2. The number of pyridine rings is 4. The summed E-state index contributed by atoms with van der Waals surface area (Å²) in [5.74, 6) is -1.84. The van der Waals surface area contributed by atoms with Crippen molar-refractivity contribution in [1.29, 1.82) is 0 Å². The van der Waals surface area contributed by atoms with Gasteiger partial charge in [-0.2, -0.15) is 15.0 Å². The number of halogens is 5. The number of aryl methyl sites for hydroxylation is 4. The van der Waals surface area contributed by atoms with Gasteiger partial charge < -0.3 is 34.3 Å². The molecular formula is C95H104ClF4N21O6. The summed E-state index contributed by atoms with van der Waals surface area (Å²) in [6, 6.07) is 23.9. The number of aromatic nitrogens is 14. The molecule has 3 saturated heterocycles. The summed E-state index contributed by atoms with van der Waals surface area (Å²) in [5, 5.41) is 0.276. The van der Waals surface area contributed by atoms with Gasteiger partial charge in [0, 0.05) is 123 Å². The number of hydrogen-bond donors (Lipinski definition) is 0. The summed E-state index contributed by atoms with van der Waals surface area (Å²) in [6.07, 6.45) is 11.1. The van der Waals surface area contributed by atoms with Gasteiger partial charge in [0.25, 0.3) is 0 Å². The molecule has 6 unspecified atom stereocenters. The Kier molecular flexibility index (Phi) is 27.4. The van der Waals surface area contributed by atoms with Crippen molar-refractivity contribution in [2.45, 2.75) is 165 Å². The van der Waals surface area contributed by atoms with Crippen LogP contribution in [-0.2, 0) is 14.4 Å². The Bertz CT molecular complexity index is 6520. The van der Waals surface area contributed by atoms with Gasteiger partial charge in [0.2, 0.25) is 17.7 Å². The molecule has 9 aromatic heterocycles. The predicted molar refractivity (Wildman–Crippen MR) is 489 cm³/mol. The van der Waals surface area contributed by atoms with Gasteiger partial charge in [-0.05, 0) is 191 Å². The number of rotatable bonds is 17. The number of hydrogen-bond acceptors (Lipinski definition) is 21. The van der Waals surface area contributed by atoms with Gasteiger partial charge in [0.1, 0.15) is 46.0 Å². The van der Waals surface area contributed by atoms with Crippen LogP contribution in [0, 0.1) is 51.0 Å². The highest BCUT2D eigenvalue weighted by atomic mass is 35.5. The van der Waals surface area contributed by atoms with Gasteiger partial charge in [-0.25, -0.2) is 70.6 Å². The van der Waals surface area contributed by atoms with Crippen LogP contribution in [0.1, 0.15) is 140 Å². The average Bonchev–Trinajstić information content (AvgIpc) is 0.739. The molecule has 12 aromatic rings. The molecule has 0 spiro atoms. The molecule has 127 heavy (non-hydrogen) atoms. The van der Waals surface area contributed by atoms with E-state index in [9.17, 15) is 41.9 Å². The molecule has 3 aliphatic rings. The van der Waals surface area contributed by atoms with Crippen LogP contribution < -0.4 is 31.8 Å². The average molecular weight is 1750 g/mol. The van der Waals surface area contributed by atoms with E-state index in [1.165, 1.54) is 62.3 Å². The zero-order valence-corrected chi connectivity index (χ0v) is 75.3. The summed E-state index contributed by atoms with van der Waals surface area (Å²) < 4.78 is 65.0. The Hall–Kier alpha value is -13.2. The zero-order chi connectivity index (χ0) is 91.7. The molecule has 0 bridgehead atoms. The molecular weight excluding hydrogens is 1640 g/mol. The lowest BCUT2D eigenvalue weighted by atomic mass is 10.0. The number of likely N-dealkylation sites (N-methyl/N-ethyl adjacent to an activating group) is 1. The molecule has 0 radical (unpaired) electrons. The molecule has 3 amide bonds. The number of carbonyl (C=O) groups excluding carboxylic acids is 3.